The summed E-state index contributed by atoms with van der Waals surface area (Å²) in [6.45, 7) is 4.97. The molecule has 1 aliphatic rings. The molecule has 0 aliphatic heterocycles. The van der Waals surface area contributed by atoms with E-state index in [-0.39, 0.29) is 0 Å². The van der Waals surface area contributed by atoms with Crippen molar-refractivity contribution in [3.05, 3.63) is 0 Å². The van der Waals surface area contributed by atoms with Crippen molar-refractivity contribution in [3.8, 4) is 0 Å². The fourth-order valence-corrected chi connectivity index (χ4v) is 1.93. The third-order valence-electron chi connectivity index (χ3n) is 3.03. The number of aliphatic hydroxyl groups is 1. The van der Waals surface area contributed by atoms with Crippen LogP contribution in [0.5, 0.6) is 0 Å². The summed E-state index contributed by atoms with van der Waals surface area (Å²) < 4.78 is 4.54. The number of likely N-dealkylation sites (N-methyl/N-ethyl adjacent to an activating group) is 1. The number of ether oxygens (including phenoxy) is 1. The molecular formula is C11H21NO3. The highest BCUT2D eigenvalue weighted by Gasteiger charge is 2.37. The van der Waals surface area contributed by atoms with Crippen molar-refractivity contribution in [1.29, 1.82) is 0 Å². The Hall–Kier alpha value is -0.610. The number of esters is 1. The molecule has 88 valence electrons. The van der Waals surface area contributed by atoms with Gasteiger partial charge in [0.05, 0.1) is 7.11 Å². The Morgan fingerprint density at radius 3 is 2.60 bits per heavy atom. The van der Waals surface area contributed by atoms with Crippen LogP contribution in [0.15, 0.2) is 0 Å². The maximum Gasteiger partial charge on any atom is 0.338 e. The summed E-state index contributed by atoms with van der Waals surface area (Å²) in [6, 6.07) is 0. The minimum absolute atomic E-state index is 0.322. The standard InChI is InChI=1S/C11H21NO3/c1-8-5-9(8)6-12(3)7-11(2,14)10(13)15-4/h8-9,14H,5-7H2,1-4H3. The van der Waals surface area contributed by atoms with Gasteiger partial charge in [0.2, 0.25) is 0 Å². The fourth-order valence-electron chi connectivity index (χ4n) is 1.93. The second kappa shape index (κ2) is 4.49. The van der Waals surface area contributed by atoms with Gasteiger partial charge < -0.3 is 14.7 Å². The van der Waals surface area contributed by atoms with Gasteiger partial charge in [-0.3, -0.25) is 0 Å². The molecule has 0 aromatic heterocycles. The molecule has 1 saturated carbocycles. The van der Waals surface area contributed by atoms with Gasteiger partial charge in [-0.15, -0.1) is 0 Å². The van der Waals surface area contributed by atoms with Gasteiger partial charge in [-0.1, -0.05) is 6.92 Å². The van der Waals surface area contributed by atoms with Crippen LogP contribution in [0.25, 0.3) is 0 Å². The molecule has 4 heteroatoms. The summed E-state index contributed by atoms with van der Waals surface area (Å²) in [6.07, 6.45) is 1.25. The third kappa shape index (κ3) is 3.47. The molecule has 0 saturated heterocycles. The highest BCUT2D eigenvalue weighted by atomic mass is 16.5. The normalized spacial score (nSPS) is 28.7. The zero-order chi connectivity index (χ0) is 11.6. The van der Waals surface area contributed by atoms with Gasteiger partial charge in [0.25, 0.3) is 0 Å². The largest absolute Gasteiger partial charge is 0.467 e. The molecular weight excluding hydrogens is 194 g/mol. The summed E-state index contributed by atoms with van der Waals surface area (Å²) in [5.41, 5.74) is -1.40. The van der Waals surface area contributed by atoms with Crippen molar-refractivity contribution in [2.45, 2.75) is 25.9 Å². The number of nitrogens with zero attached hydrogens (tertiary/aromatic N) is 1. The van der Waals surface area contributed by atoms with Crippen molar-refractivity contribution in [2.24, 2.45) is 11.8 Å². The summed E-state index contributed by atoms with van der Waals surface area (Å²) in [7, 11) is 3.21. The molecule has 1 aliphatic carbocycles. The van der Waals surface area contributed by atoms with E-state index in [1.165, 1.54) is 20.5 Å². The molecule has 0 spiro atoms. The molecule has 0 bridgehead atoms. The van der Waals surface area contributed by atoms with Crippen LogP contribution in [-0.4, -0.2) is 48.8 Å². The minimum Gasteiger partial charge on any atom is -0.467 e. The van der Waals surface area contributed by atoms with Gasteiger partial charge in [0.15, 0.2) is 5.60 Å². The van der Waals surface area contributed by atoms with Gasteiger partial charge in [-0.2, -0.15) is 0 Å². The van der Waals surface area contributed by atoms with E-state index in [9.17, 15) is 9.90 Å². The number of methoxy groups -OCH3 is 1. The van der Waals surface area contributed by atoms with E-state index >= 15 is 0 Å². The van der Waals surface area contributed by atoms with Crippen molar-refractivity contribution >= 4 is 5.97 Å². The Balaban J connectivity index is 2.35. The smallest absolute Gasteiger partial charge is 0.338 e. The fraction of sp³-hybridized carbons (Fsp3) is 0.909. The van der Waals surface area contributed by atoms with Gasteiger partial charge in [0.1, 0.15) is 0 Å². The molecule has 0 amide bonds. The lowest BCUT2D eigenvalue weighted by Gasteiger charge is -2.26. The van der Waals surface area contributed by atoms with Crippen LogP contribution in [-0.2, 0) is 9.53 Å². The second-order valence-corrected chi connectivity index (χ2v) is 4.94. The summed E-state index contributed by atoms with van der Waals surface area (Å²) in [5, 5.41) is 9.84. The van der Waals surface area contributed by atoms with Crippen LogP contribution in [0.2, 0.25) is 0 Å². The first-order valence-corrected chi connectivity index (χ1v) is 5.36. The first-order valence-electron chi connectivity index (χ1n) is 5.36. The third-order valence-corrected chi connectivity index (χ3v) is 3.03. The Kier molecular flexibility index (Phi) is 3.73. The topological polar surface area (TPSA) is 49.8 Å². The summed E-state index contributed by atoms with van der Waals surface area (Å²) in [4.78, 5) is 13.2. The SMILES string of the molecule is COC(=O)C(C)(O)CN(C)CC1CC1C. The van der Waals surface area contributed by atoms with E-state index in [0.29, 0.717) is 6.54 Å². The van der Waals surface area contributed by atoms with E-state index in [1.54, 1.807) is 0 Å². The van der Waals surface area contributed by atoms with E-state index in [0.717, 1.165) is 18.4 Å². The van der Waals surface area contributed by atoms with Crippen molar-refractivity contribution in [3.63, 3.8) is 0 Å². The molecule has 0 heterocycles. The molecule has 4 nitrogen and oxygen atoms in total. The van der Waals surface area contributed by atoms with Crippen LogP contribution in [0.1, 0.15) is 20.3 Å². The monoisotopic (exact) mass is 215 g/mol. The van der Waals surface area contributed by atoms with E-state index in [2.05, 4.69) is 11.7 Å². The summed E-state index contributed by atoms with van der Waals surface area (Å²) >= 11 is 0. The average molecular weight is 215 g/mol. The van der Waals surface area contributed by atoms with Gasteiger partial charge in [-0.25, -0.2) is 4.79 Å². The molecule has 0 aromatic rings. The molecule has 0 radical (unpaired) electrons. The maximum atomic E-state index is 11.2. The quantitative estimate of drug-likeness (QED) is 0.678. The predicted molar refractivity (Wildman–Crippen MR) is 57.4 cm³/mol. The molecule has 3 unspecified atom stereocenters. The lowest BCUT2D eigenvalue weighted by molar-refractivity contribution is -0.162. The first-order chi connectivity index (χ1) is 6.86. The van der Waals surface area contributed by atoms with Gasteiger partial charge >= 0.3 is 5.97 Å². The number of rotatable bonds is 5. The lowest BCUT2D eigenvalue weighted by atomic mass is 10.1. The minimum atomic E-state index is -1.40. The summed E-state index contributed by atoms with van der Waals surface area (Å²) in [5.74, 6) is 0.942. The Labute approximate surface area is 91.2 Å². The molecule has 3 atom stereocenters. The highest BCUT2D eigenvalue weighted by molar-refractivity contribution is 5.78. The average Bonchev–Trinajstić information content (AvgIpc) is 2.78. The molecule has 15 heavy (non-hydrogen) atoms. The lowest BCUT2D eigenvalue weighted by Crippen LogP contribution is -2.46. The Morgan fingerprint density at radius 1 is 1.67 bits per heavy atom. The number of hydrogen-bond donors (Lipinski definition) is 1. The maximum absolute atomic E-state index is 11.2. The predicted octanol–water partition coefficient (Wildman–Crippen LogP) is 0.498. The van der Waals surface area contributed by atoms with E-state index in [1.807, 2.05) is 11.9 Å². The number of carbonyl (C=O) groups excluding carboxylic acids is 1. The Bertz CT molecular complexity index is 240. The van der Waals surface area contributed by atoms with Crippen LogP contribution >= 0.6 is 0 Å². The molecule has 1 fully saturated rings. The second-order valence-electron chi connectivity index (χ2n) is 4.94. The molecule has 1 rings (SSSR count). The molecule has 1 N–H and O–H groups in total. The van der Waals surface area contributed by atoms with Crippen LogP contribution < -0.4 is 0 Å². The van der Waals surface area contributed by atoms with Crippen molar-refractivity contribution < 1.29 is 14.6 Å². The van der Waals surface area contributed by atoms with Crippen LogP contribution in [0.3, 0.4) is 0 Å². The van der Waals surface area contributed by atoms with Crippen LogP contribution in [0, 0.1) is 11.8 Å². The zero-order valence-corrected chi connectivity index (χ0v) is 9.99. The zero-order valence-electron chi connectivity index (χ0n) is 9.99. The first kappa shape index (κ1) is 12.5. The van der Waals surface area contributed by atoms with Crippen molar-refractivity contribution in [2.75, 3.05) is 27.2 Å². The van der Waals surface area contributed by atoms with E-state index in [4.69, 9.17) is 0 Å². The van der Waals surface area contributed by atoms with Crippen LogP contribution in [0.4, 0.5) is 0 Å². The highest BCUT2D eigenvalue weighted by Crippen LogP contribution is 2.38. The van der Waals surface area contributed by atoms with Gasteiger partial charge in [0, 0.05) is 13.1 Å². The number of carbonyl (C=O) groups is 1. The van der Waals surface area contributed by atoms with Gasteiger partial charge in [-0.05, 0) is 32.2 Å². The number of hydrogen-bond acceptors (Lipinski definition) is 4. The van der Waals surface area contributed by atoms with E-state index < -0.39 is 11.6 Å². The Morgan fingerprint density at radius 2 is 2.20 bits per heavy atom. The van der Waals surface area contributed by atoms with Crippen molar-refractivity contribution in [1.82, 2.24) is 4.90 Å². The molecule has 0 aromatic carbocycles.